The first-order valence-electron chi connectivity index (χ1n) is 8.05. The summed E-state index contributed by atoms with van der Waals surface area (Å²) in [6.45, 7) is 1.57. The number of nitrogens with one attached hydrogen (secondary N) is 1. The number of ether oxygens (including phenoxy) is 2. The fourth-order valence-electron chi connectivity index (χ4n) is 2.11. The molecule has 2 rings (SSSR count). The van der Waals surface area contributed by atoms with Gasteiger partial charge in [-0.05, 0) is 48.9 Å². The largest absolute Gasteiger partial charge is 0.462 e. The van der Waals surface area contributed by atoms with E-state index in [2.05, 4.69) is 5.32 Å². The predicted octanol–water partition coefficient (Wildman–Crippen LogP) is 3.89. The molecule has 0 unspecified atom stereocenters. The lowest BCUT2D eigenvalue weighted by molar-refractivity contribution is -0.146. The van der Waals surface area contributed by atoms with Gasteiger partial charge in [-0.2, -0.15) is 0 Å². The number of anilines is 1. The van der Waals surface area contributed by atoms with Gasteiger partial charge >= 0.3 is 11.9 Å². The Labute approximate surface area is 166 Å². The Bertz CT molecular complexity index is 836. The van der Waals surface area contributed by atoms with Crippen molar-refractivity contribution in [2.75, 3.05) is 18.5 Å². The molecule has 2 aromatic rings. The number of amides is 1. The number of hydrogen-bond acceptors (Lipinski definition) is 5. The SMILES string of the molecule is CCOC(=O)c1ccc(NC(=O)COC(=O)Cc2ccc(Cl)c(Cl)c2)cc1. The van der Waals surface area contributed by atoms with Crippen molar-refractivity contribution in [3.8, 4) is 0 Å². The fraction of sp³-hybridized carbons (Fsp3) is 0.211. The average Bonchev–Trinajstić information content (AvgIpc) is 2.64. The molecule has 0 aromatic heterocycles. The highest BCUT2D eigenvalue weighted by atomic mass is 35.5. The summed E-state index contributed by atoms with van der Waals surface area (Å²) in [6, 6.07) is 11.0. The molecule has 0 fully saturated rings. The van der Waals surface area contributed by atoms with Gasteiger partial charge in [0.2, 0.25) is 0 Å². The van der Waals surface area contributed by atoms with Gasteiger partial charge in [-0.3, -0.25) is 9.59 Å². The van der Waals surface area contributed by atoms with Crippen LogP contribution in [-0.4, -0.2) is 31.1 Å². The van der Waals surface area contributed by atoms with Crippen LogP contribution in [0.3, 0.4) is 0 Å². The lowest BCUT2D eigenvalue weighted by Gasteiger charge is -2.08. The van der Waals surface area contributed by atoms with Crippen molar-refractivity contribution < 1.29 is 23.9 Å². The van der Waals surface area contributed by atoms with Gasteiger partial charge in [0.15, 0.2) is 6.61 Å². The minimum Gasteiger partial charge on any atom is -0.462 e. The maximum atomic E-state index is 11.9. The number of halogens is 2. The van der Waals surface area contributed by atoms with Crippen LogP contribution in [0.4, 0.5) is 5.69 Å². The smallest absolute Gasteiger partial charge is 0.338 e. The summed E-state index contributed by atoms with van der Waals surface area (Å²) in [6.07, 6.45) is -0.0294. The Kier molecular flexibility index (Phi) is 7.64. The molecule has 142 valence electrons. The van der Waals surface area contributed by atoms with Gasteiger partial charge in [0, 0.05) is 5.69 Å². The molecule has 1 N–H and O–H groups in total. The average molecular weight is 410 g/mol. The highest BCUT2D eigenvalue weighted by Gasteiger charge is 2.11. The molecule has 0 aliphatic heterocycles. The van der Waals surface area contributed by atoms with Gasteiger partial charge in [0.1, 0.15) is 0 Å². The zero-order valence-corrected chi connectivity index (χ0v) is 16.0. The van der Waals surface area contributed by atoms with Crippen LogP contribution >= 0.6 is 23.2 Å². The van der Waals surface area contributed by atoms with E-state index in [0.717, 1.165) is 0 Å². The van der Waals surface area contributed by atoms with Crippen LogP contribution in [0.1, 0.15) is 22.8 Å². The molecule has 1 amide bonds. The first kappa shape index (κ1) is 20.7. The zero-order chi connectivity index (χ0) is 19.8. The van der Waals surface area contributed by atoms with Crippen molar-refractivity contribution in [2.24, 2.45) is 0 Å². The first-order chi connectivity index (χ1) is 12.9. The van der Waals surface area contributed by atoms with Gasteiger partial charge in [-0.25, -0.2) is 4.79 Å². The van der Waals surface area contributed by atoms with E-state index in [1.807, 2.05) is 0 Å². The van der Waals surface area contributed by atoms with Gasteiger partial charge in [0.05, 0.1) is 28.6 Å². The highest BCUT2D eigenvalue weighted by molar-refractivity contribution is 6.42. The van der Waals surface area contributed by atoms with Crippen molar-refractivity contribution in [3.63, 3.8) is 0 Å². The molecule has 0 saturated carbocycles. The Morgan fingerprint density at radius 1 is 0.963 bits per heavy atom. The van der Waals surface area contributed by atoms with Crippen molar-refractivity contribution >= 4 is 46.7 Å². The van der Waals surface area contributed by atoms with Gasteiger partial charge in [0.25, 0.3) is 5.91 Å². The number of esters is 2. The Balaban J connectivity index is 1.80. The van der Waals surface area contributed by atoms with E-state index in [-0.39, 0.29) is 13.0 Å². The predicted molar refractivity (Wildman–Crippen MR) is 102 cm³/mol. The topological polar surface area (TPSA) is 81.7 Å². The van der Waals surface area contributed by atoms with Gasteiger partial charge in [-0.1, -0.05) is 29.3 Å². The standard InChI is InChI=1S/C19H17Cl2NO5/c1-2-26-19(25)13-4-6-14(7-5-13)22-17(23)11-27-18(24)10-12-3-8-15(20)16(21)9-12/h3-9H,2,10-11H2,1H3,(H,22,23). The van der Waals surface area contributed by atoms with Crippen molar-refractivity contribution in [3.05, 3.63) is 63.6 Å². The Hall–Kier alpha value is -2.57. The molecule has 0 bridgehead atoms. The van der Waals surface area contributed by atoms with Crippen LogP contribution in [0, 0.1) is 0 Å². The molecule has 0 heterocycles. The summed E-state index contributed by atoms with van der Waals surface area (Å²) >= 11 is 11.7. The molecular weight excluding hydrogens is 393 g/mol. The highest BCUT2D eigenvalue weighted by Crippen LogP contribution is 2.22. The van der Waals surface area contributed by atoms with Crippen LogP contribution in [-0.2, 0) is 25.5 Å². The number of carbonyl (C=O) groups is 3. The van der Waals surface area contributed by atoms with E-state index < -0.39 is 24.5 Å². The molecular formula is C19H17Cl2NO5. The molecule has 0 radical (unpaired) electrons. The van der Waals surface area contributed by atoms with E-state index in [1.54, 1.807) is 37.3 Å². The third-order valence-corrected chi connectivity index (χ3v) is 4.12. The summed E-state index contributed by atoms with van der Waals surface area (Å²) in [7, 11) is 0. The molecule has 0 atom stereocenters. The third-order valence-electron chi connectivity index (χ3n) is 3.38. The molecule has 0 aliphatic carbocycles. The Morgan fingerprint density at radius 2 is 1.67 bits per heavy atom. The summed E-state index contributed by atoms with van der Waals surface area (Å²) in [5.74, 6) is -1.51. The molecule has 0 saturated heterocycles. The molecule has 6 nitrogen and oxygen atoms in total. The number of benzene rings is 2. The minimum absolute atomic E-state index is 0.0294. The summed E-state index contributed by atoms with van der Waals surface area (Å²) in [4.78, 5) is 35.3. The van der Waals surface area contributed by atoms with Crippen molar-refractivity contribution in [1.82, 2.24) is 0 Å². The lowest BCUT2D eigenvalue weighted by atomic mass is 10.1. The fourth-order valence-corrected chi connectivity index (χ4v) is 2.44. The van der Waals surface area contributed by atoms with Gasteiger partial charge < -0.3 is 14.8 Å². The van der Waals surface area contributed by atoms with Crippen molar-refractivity contribution in [2.45, 2.75) is 13.3 Å². The number of carbonyl (C=O) groups excluding carboxylic acids is 3. The van der Waals surface area contributed by atoms with E-state index >= 15 is 0 Å². The number of rotatable bonds is 7. The molecule has 2 aromatic carbocycles. The quantitative estimate of drug-likeness (QED) is 0.701. The molecule has 8 heteroatoms. The number of hydrogen-bond donors (Lipinski definition) is 1. The minimum atomic E-state index is -0.568. The summed E-state index contributed by atoms with van der Waals surface area (Å²) in [5.41, 5.74) is 1.47. The van der Waals surface area contributed by atoms with E-state index in [1.165, 1.54) is 12.1 Å². The molecule has 0 aliphatic rings. The van der Waals surface area contributed by atoms with E-state index in [0.29, 0.717) is 26.9 Å². The third kappa shape index (κ3) is 6.58. The second kappa shape index (κ2) is 9.94. The molecule has 27 heavy (non-hydrogen) atoms. The van der Waals surface area contributed by atoms with Crippen LogP contribution in [0.25, 0.3) is 0 Å². The van der Waals surface area contributed by atoms with E-state index in [4.69, 9.17) is 32.7 Å². The monoisotopic (exact) mass is 409 g/mol. The lowest BCUT2D eigenvalue weighted by Crippen LogP contribution is -2.21. The molecule has 0 spiro atoms. The zero-order valence-electron chi connectivity index (χ0n) is 14.5. The Morgan fingerprint density at radius 3 is 2.30 bits per heavy atom. The van der Waals surface area contributed by atoms with Crippen LogP contribution in [0.5, 0.6) is 0 Å². The first-order valence-corrected chi connectivity index (χ1v) is 8.81. The maximum absolute atomic E-state index is 11.9. The van der Waals surface area contributed by atoms with Crippen LogP contribution < -0.4 is 5.32 Å². The summed E-state index contributed by atoms with van der Waals surface area (Å²) in [5, 5.41) is 3.30. The maximum Gasteiger partial charge on any atom is 0.338 e. The normalized spacial score (nSPS) is 10.2. The second-order valence-corrected chi connectivity index (χ2v) is 6.25. The van der Waals surface area contributed by atoms with Gasteiger partial charge in [-0.15, -0.1) is 0 Å². The van der Waals surface area contributed by atoms with Crippen molar-refractivity contribution in [1.29, 1.82) is 0 Å². The van der Waals surface area contributed by atoms with E-state index in [9.17, 15) is 14.4 Å². The summed E-state index contributed by atoms with van der Waals surface area (Å²) < 4.78 is 9.82. The van der Waals surface area contributed by atoms with Crippen LogP contribution in [0.15, 0.2) is 42.5 Å². The van der Waals surface area contributed by atoms with Crippen LogP contribution in [0.2, 0.25) is 10.0 Å². The second-order valence-electron chi connectivity index (χ2n) is 5.43.